The summed E-state index contributed by atoms with van der Waals surface area (Å²) in [4.78, 5) is 0. The van der Waals surface area contributed by atoms with E-state index in [0.29, 0.717) is 5.41 Å². The number of fused-ring (bicyclic) bond motifs is 5. The quantitative estimate of drug-likeness (QED) is 0.447. The van der Waals surface area contributed by atoms with Gasteiger partial charge in [0.25, 0.3) is 0 Å². The van der Waals surface area contributed by atoms with E-state index in [9.17, 15) is 0 Å². The van der Waals surface area contributed by atoms with Crippen LogP contribution in [0.15, 0.2) is 22.8 Å². The zero-order valence-electron chi connectivity index (χ0n) is 19.3. The van der Waals surface area contributed by atoms with Crippen molar-refractivity contribution in [2.75, 3.05) is 0 Å². The minimum Gasteiger partial charge on any atom is -0.0805 e. The second-order valence-electron chi connectivity index (χ2n) is 11.5. The van der Waals surface area contributed by atoms with Gasteiger partial charge in [0.15, 0.2) is 0 Å². The summed E-state index contributed by atoms with van der Waals surface area (Å²) in [6, 6.07) is 0. The van der Waals surface area contributed by atoms with Gasteiger partial charge in [0, 0.05) is 0 Å². The molecule has 0 saturated heterocycles. The standard InChI is InChI=1S/C27H44.CH4/c1-9-10-23-15(2)13-24-22-12-11-21-19(6)17(4)18(5)20(7)26(21)25(22)16(3)14-27(23,24)8;/h11,15-16,18,20,22-26H,9-10,12-14H2,1-8H3;1H4/t15?,16?,18?,20?,22?,23-,24?,25?,26?,27?;/m0./s1. The molecule has 10 atom stereocenters. The first-order valence-corrected chi connectivity index (χ1v) is 12.1. The lowest BCUT2D eigenvalue weighted by atomic mass is 9.46. The number of allylic oxidation sites excluding steroid dienone is 4. The summed E-state index contributed by atoms with van der Waals surface area (Å²) in [5.74, 6) is 8.01. The van der Waals surface area contributed by atoms with Crippen molar-refractivity contribution in [3.05, 3.63) is 22.8 Å². The Balaban J connectivity index is 0.00000225. The summed E-state index contributed by atoms with van der Waals surface area (Å²) in [5, 5.41) is 0. The molecule has 2 saturated carbocycles. The van der Waals surface area contributed by atoms with Gasteiger partial charge in [-0.2, -0.15) is 0 Å². The van der Waals surface area contributed by atoms with Crippen molar-refractivity contribution in [1.82, 2.24) is 0 Å². The van der Waals surface area contributed by atoms with E-state index >= 15 is 0 Å². The Labute approximate surface area is 176 Å². The van der Waals surface area contributed by atoms with Crippen LogP contribution in [-0.2, 0) is 0 Å². The Morgan fingerprint density at radius 3 is 2.39 bits per heavy atom. The number of rotatable bonds is 2. The lowest BCUT2D eigenvalue weighted by molar-refractivity contribution is -0.0585. The molecule has 0 N–H and O–H groups in total. The Hall–Kier alpha value is -0.520. The molecule has 0 aromatic heterocycles. The van der Waals surface area contributed by atoms with Gasteiger partial charge in [-0.1, -0.05) is 67.0 Å². The van der Waals surface area contributed by atoms with Crippen LogP contribution in [0.5, 0.6) is 0 Å². The molecule has 2 fully saturated rings. The molecule has 0 aliphatic heterocycles. The van der Waals surface area contributed by atoms with E-state index in [1.165, 1.54) is 32.1 Å². The Morgan fingerprint density at radius 1 is 1.07 bits per heavy atom. The second kappa shape index (κ2) is 7.63. The first-order valence-electron chi connectivity index (χ1n) is 12.1. The summed E-state index contributed by atoms with van der Waals surface area (Å²) in [6.07, 6.45) is 9.88. The topological polar surface area (TPSA) is 0 Å². The maximum atomic E-state index is 2.71. The van der Waals surface area contributed by atoms with Crippen molar-refractivity contribution in [1.29, 1.82) is 0 Å². The van der Waals surface area contributed by atoms with Crippen LogP contribution >= 0.6 is 0 Å². The van der Waals surface area contributed by atoms with Gasteiger partial charge in [0.1, 0.15) is 0 Å². The van der Waals surface area contributed by atoms with Crippen LogP contribution in [0, 0.1) is 58.7 Å². The van der Waals surface area contributed by atoms with E-state index in [2.05, 4.69) is 61.5 Å². The van der Waals surface area contributed by atoms with Crippen molar-refractivity contribution >= 4 is 0 Å². The molecule has 0 bridgehead atoms. The highest BCUT2D eigenvalue weighted by molar-refractivity contribution is 5.42. The van der Waals surface area contributed by atoms with Gasteiger partial charge in [-0.25, -0.2) is 0 Å². The fourth-order valence-electron chi connectivity index (χ4n) is 9.03. The number of hydrogen-bond donors (Lipinski definition) is 0. The van der Waals surface area contributed by atoms with Crippen molar-refractivity contribution in [2.24, 2.45) is 58.7 Å². The maximum Gasteiger partial charge on any atom is -0.00974 e. The third kappa shape index (κ3) is 2.91. The van der Waals surface area contributed by atoms with Crippen molar-refractivity contribution in [3.63, 3.8) is 0 Å². The molecule has 0 nitrogen and oxygen atoms in total. The van der Waals surface area contributed by atoms with Crippen LogP contribution in [0.25, 0.3) is 0 Å². The fraction of sp³-hybridized carbons (Fsp3) is 0.857. The number of hydrogen-bond acceptors (Lipinski definition) is 0. The van der Waals surface area contributed by atoms with Crippen molar-refractivity contribution in [2.45, 2.75) is 94.9 Å². The summed E-state index contributed by atoms with van der Waals surface area (Å²) in [5.41, 5.74) is 5.67. The highest BCUT2D eigenvalue weighted by Gasteiger charge is 2.60. The van der Waals surface area contributed by atoms with Gasteiger partial charge >= 0.3 is 0 Å². The molecule has 0 spiro atoms. The molecule has 0 heterocycles. The predicted molar refractivity (Wildman–Crippen MR) is 124 cm³/mol. The Kier molecular flexibility index (Phi) is 6.04. The van der Waals surface area contributed by atoms with Crippen LogP contribution in [0.3, 0.4) is 0 Å². The lowest BCUT2D eigenvalue weighted by Gasteiger charge is -2.58. The average Bonchev–Trinajstić information content (AvgIpc) is 2.88. The molecule has 9 unspecified atom stereocenters. The van der Waals surface area contributed by atoms with E-state index in [4.69, 9.17) is 0 Å². The van der Waals surface area contributed by atoms with Crippen LogP contribution in [0.2, 0.25) is 0 Å². The molecular weight excluding hydrogens is 336 g/mol. The van der Waals surface area contributed by atoms with E-state index in [0.717, 1.165) is 53.3 Å². The van der Waals surface area contributed by atoms with E-state index in [1.54, 1.807) is 16.7 Å². The van der Waals surface area contributed by atoms with Crippen LogP contribution in [0.1, 0.15) is 94.9 Å². The van der Waals surface area contributed by atoms with E-state index in [-0.39, 0.29) is 7.43 Å². The monoisotopic (exact) mass is 384 g/mol. The van der Waals surface area contributed by atoms with Crippen molar-refractivity contribution in [3.8, 4) is 0 Å². The molecule has 28 heavy (non-hydrogen) atoms. The molecule has 4 aliphatic carbocycles. The van der Waals surface area contributed by atoms with Gasteiger partial charge in [0.05, 0.1) is 0 Å². The molecule has 0 aromatic rings. The van der Waals surface area contributed by atoms with Crippen LogP contribution in [0.4, 0.5) is 0 Å². The SMILES string of the molecule is C.CCC[C@H]1C(C)CC2C3CC=C4C(C)=C(C)C(C)C(C)C4C3C(C)CC21C. The highest BCUT2D eigenvalue weighted by Crippen LogP contribution is 2.67. The van der Waals surface area contributed by atoms with Gasteiger partial charge in [-0.05, 0) is 109 Å². The van der Waals surface area contributed by atoms with Crippen LogP contribution in [-0.4, -0.2) is 0 Å². The normalized spacial score (nSPS) is 50.3. The maximum absolute atomic E-state index is 2.71. The third-order valence-electron chi connectivity index (χ3n) is 10.5. The molecule has 4 aliphatic rings. The first-order chi connectivity index (χ1) is 12.7. The second-order valence-corrected chi connectivity index (χ2v) is 11.5. The van der Waals surface area contributed by atoms with Gasteiger partial charge in [-0.15, -0.1) is 0 Å². The summed E-state index contributed by atoms with van der Waals surface area (Å²) < 4.78 is 0. The summed E-state index contributed by atoms with van der Waals surface area (Å²) in [7, 11) is 0. The lowest BCUT2D eigenvalue weighted by Crippen LogP contribution is -2.51. The van der Waals surface area contributed by atoms with E-state index in [1.807, 2.05) is 0 Å². The zero-order chi connectivity index (χ0) is 19.7. The van der Waals surface area contributed by atoms with E-state index < -0.39 is 0 Å². The highest BCUT2D eigenvalue weighted by atomic mass is 14.6. The molecular formula is C28H48. The molecule has 0 aromatic carbocycles. The van der Waals surface area contributed by atoms with Crippen molar-refractivity contribution < 1.29 is 0 Å². The summed E-state index contributed by atoms with van der Waals surface area (Å²) in [6.45, 7) is 20.2. The third-order valence-corrected chi connectivity index (χ3v) is 10.5. The average molecular weight is 385 g/mol. The Bertz CT molecular complexity index is 651. The van der Waals surface area contributed by atoms with Crippen LogP contribution < -0.4 is 0 Å². The zero-order valence-corrected chi connectivity index (χ0v) is 19.3. The fourth-order valence-corrected chi connectivity index (χ4v) is 9.03. The van der Waals surface area contributed by atoms with Gasteiger partial charge in [0.2, 0.25) is 0 Å². The summed E-state index contributed by atoms with van der Waals surface area (Å²) >= 11 is 0. The molecule has 0 radical (unpaired) electrons. The predicted octanol–water partition coefficient (Wildman–Crippen LogP) is 8.54. The smallest absolute Gasteiger partial charge is 0.00974 e. The minimum atomic E-state index is 0. The molecule has 0 amide bonds. The first kappa shape index (κ1) is 22.2. The molecule has 0 heteroatoms. The molecule has 4 rings (SSSR count). The largest absolute Gasteiger partial charge is 0.0805 e. The molecule has 160 valence electrons. The Morgan fingerprint density at radius 2 is 1.75 bits per heavy atom. The minimum absolute atomic E-state index is 0. The van der Waals surface area contributed by atoms with Gasteiger partial charge < -0.3 is 0 Å². The van der Waals surface area contributed by atoms with Gasteiger partial charge in [-0.3, -0.25) is 0 Å².